The molecule has 0 saturated carbocycles. The lowest BCUT2D eigenvalue weighted by Gasteiger charge is -2.36. The van der Waals surface area contributed by atoms with Gasteiger partial charge in [-0.05, 0) is 50.0 Å². The normalized spacial score (nSPS) is 18.8. The highest BCUT2D eigenvalue weighted by Gasteiger charge is 2.49. The zero-order valence-corrected chi connectivity index (χ0v) is 20.6. The summed E-state index contributed by atoms with van der Waals surface area (Å²) < 4.78 is 76.9. The zero-order chi connectivity index (χ0) is 26.6. The number of alkyl halides is 3. The summed E-state index contributed by atoms with van der Waals surface area (Å²) in [5, 5.41) is 2.94. The predicted molar refractivity (Wildman–Crippen MR) is 126 cm³/mol. The van der Waals surface area contributed by atoms with Crippen molar-refractivity contribution >= 4 is 21.8 Å². The van der Waals surface area contributed by atoms with Gasteiger partial charge in [-0.15, -0.1) is 0 Å². The van der Waals surface area contributed by atoms with Crippen LogP contribution in [-0.4, -0.2) is 68.6 Å². The molecule has 14 heteroatoms. The van der Waals surface area contributed by atoms with Crippen LogP contribution in [0.1, 0.15) is 18.4 Å². The molecule has 3 heterocycles. The topological polar surface area (TPSA) is 133 Å². The number of likely N-dealkylation sites (tertiary alicyclic amines) is 1. The monoisotopic (exact) mass is 544 g/mol. The second-order valence-corrected chi connectivity index (χ2v) is 10.4. The van der Waals surface area contributed by atoms with E-state index in [1.807, 2.05) is 0 Å². The third-order valence-corrected chi connectivity index (χ3v) is 7.13. The number of halogens is 3. The number of nitrogens with zero attached hydrogens (tertiary/aromatic N) is 2. The van der Waals surface area contributed by atoms with Gasteiger partial charge in [0.1, 0.15) is 18.5 Å². The lowest BCUT2D eigenvalue weighted by Crippen LogP contribution is -2.45. The van der Waals surface area contributed by atoms with Gasteiger partial charge in [-0.25, -0.2) is 4.98 Å². The minimum atomic E-state index is -5.85. The van der Waals surface area contributed by atoms with E-state index in [0.29, 0.717) is 30.4 Å². The maximum Gasteiger partial charge on any atom is 0.534 e. The number of carbonyl (C=O) groups excluding carboxylic acids is 1. The summed E-state index contributed by atoms with van der Waals surface area (Å²) in [4.78, 5) is 18.4. The first kappa shape index (κ1) is 26.8. The Morgan fingerprint density at radius 3 is 2.68 bits per heavy atom. The number of hydrogen-bond donors (Lipinski definition) is 2. The Morgan fingerprint density at radius 1 is 1.22 bits per heavy atom. The third kappa shape index (κ3) is 6.74. The third-order valence-electron chi connectivity index (χ3n) is 6.17. The largest absolute Gasteiger partial charge is 0.534 e. The average Bonchev–Trinajstić information content (AvgIpc) is 2.84. The smallest absolute Gasteiger partial charge is 0.486 e. The first-order valence-corrected chi connectivity index (χ1v) is 13.0. The van der Waals surface area contributed by atoms with Gasteiger partial charge in [-0.1, -0.05) is 12.1 Å². The van der Waals surface area contributed by atoms with E-state index in [4.69, 9.17) is 15.2 Å². The van der Waals surface area contributed by atoms with E-state index < -0.39 is 27.5 Å². The van der Waals surface area contributed by atoms with Crippen molar-refractivity contribution in [3.05, 3.63) is 42.1 Å². The number of hydrogen-bond acceptors (Lipinski definition) is 9. The van der Waals surface area contributed by atoms with Gasteiger partial charge in [0.2, 0.25) is 11.7 Å². The summed E-state index contributed by atoms with van der Waals surface area (Å²) in [5.74, 6) is -0.153. The van der Waals surface area contributed by atoms with E-state index in [-0.39, 0.29) is 30.4 Å². The second-order valence-electron chi connectivity index (χ2n) is 8.89. The number of rotatable bonds is 8. The number of aromatic nitrogens is 1. The lowest BCUT2D eigenvalue weighted by atomic mass is 9.96. The van der Waals surface area contributed by atoms with Crippen molar-refractivity contribution in [2.24, 2.45) is 5.92 Å². The minimum Gasteiger partial charge on any atom is -0.486 e. The molecule has 2 aromatic rings. The Balaban J connectivity index is 1.25. The SMILES string of the molecule is Nc1ncccc1CC(=O)NCC1CCN(C[C@H]2COc3cccc(OS(=O)(=O)C(F)(F)F)c3O2)CC1. The first-order chi connectivity index (χ1) is 17.5. The Kier molecular flexibility index (Phi) is 7.97. The van der Waals surface area contributed by atoms with Gasteiger partial charge in [0.15, 0.2) is 11.5 Å². The van der Waals surface area contributed by atoms with Crippen LogP contribution in [0.2, 0.25) is 0 Å². The van der Waals surface area contributed by atoms with Gasteiger partial charge in [0.05, 0.1) is 6.42 Å². The number of pyridine rings is 1. The molecule has 1 fully saturated rings. The fourth-order valence-corrected chi connectivity index (χ4v) is 4.65. The molecule has 10 nitrogen and oxygen atoms in total. The molecule has 1 saturated heterocycles. The summed E-state index contributed by atoms with van der Waals surface area (Å²) in [6.45, 7) is 2.57. The standard InChI is InChI=1S/C23H27F3N4O6S/c24-23(25,26)37(32,33)36-19-5-1-4-18-21(19)35-17(14-34-18)13-30-9-6-15(7-10-30)12-29-20(31)11-16-3-2-8-28-22(16)27/h1-5,8,15,17H,6-7,9-14H2,(H2,27,28)(H,29,31)/t17-/m0/s1. The van der Waals surface area contributed by atoms with Gasteiger partial charge < -0.3 is 24.7 Å². The summed E-state index contributed by atoms with van der Waals surface area (Å²) in [6.07, 6.45) is 2.86. The van der Waals surface area contributed by atoms with Crippen LogP contribution < -0.4 is 24.7 Å². The molecule has 37 heavy (non-hydrogen) atoms. The van der Waals surface area contributed by atoms with Gasteiger partial charge in [0.25, 0.3) is 0 Å². The van der Waals surface area contributed by atoms with E-state index in [2.05, 4.69) is 19.4 Å². The minimum absolute atomic E-state index is 0.105. The molecule has 1 aromatic carbocycles. The van der Waals surface area contributed by atoms with Crippen molar-refractivity contribution in [3.8, 4) is 17.2 Å². The number of anilines is 1. The van der Waals surface area contributed by atoms with Crippen molar-refractivity contribution in [1.82, 2.24) is 15.2 Å². The molecule has 0 spiro atoms. The van der Waals surface area contributed by atoms with Gasteiger partial charge in [-0.3, -0.25) is 9.69 Å². The molecular weight excluding hydrogens is 517 g/mol. The molecule has 4 rings (SSSR count). The summed E-state index contributed by atoms with van der Waals surface area (Å²) >= 11 is 0. The fraction of sp³-hybridized carbons (Fsp3) is 0.478. The molecule has 0 unspecified atom stereocenters. The maximum absolute atomic E-state index is 12.8. The van der Waals surface area contributed by atoms with Crippen LogP contribution in [-0.2, 0) is 21.3 Å². The number of nitrogen functional groups attached to an aromatic ring is 1. The molecule has 2 aliphatic heterocycles. The molecular formula is C23H27F3N4O6S. The number of fused-ring (bicyclic) bond motifs is 1. The molecule has 0 aliphatic carbocycles. The van der Waals surface area contributed by atoms with E-state index in [9.17, 15) is 26.4 Å². The Morgan fingerprint density at radius 2 is 1.97 bits per heavy atom. The average molecular weight is 545 g/mol. The van der Waals surface area contributed by atoms with E-state index >= 15 is 0 Å². The Bertz CT molecular complexity index is 1220. The molecule has 1 atom stereocenters. The quantitative estimate of drug-likeness (QED) is 0.379. The van der Waals surface area contributed by atoms with Crippen molar-refractivity contribution in [2.75, 3.05) is 38.5 Å². The number of carbonyl (C=O) groups is 1. The van der Waals surface area contributed by atoms with Crippen LogP contribution in [0.15, 0.2) is 36.5 Å². The highest BCUT2D eigenvalue weighted by molar-refractivity contribution is 7.88. The van der Waals surface area contributed by atoms with Crippen molar-refractivity contribution in [1.29, 1.82) is 0 Å². The number of nitrogens with two attached hydrogens (primary N) is 1. The number of nitrogens with one attached hydrogen (secondary N) is 1. The second kappa shape index (κ2) is 11.0. The Labute approximate surface area is 212 Å². The van der Waals surface area contributed by atoms with Crippen LogP contribution in [0.25, 0.3) is 0 Å². The van der Waals surface area contributed by atoms with Crippen LogP contribution >= 0.6 is 0 Å². The zero-order valence-electron chi connectivity index (χ0n) is 19.7. The van der Waals surface area contributed by atoms with Gasteiger partial charge >= 0.3 is 15.6 Å². The maximum atomic E-state index is 12.8. The van der Waals surface area contributed by atoms with Crippen molar-refractivity contribution in [3.63, 3.8) is 0 Å². The number of para-hydroxylation sites is 1. The first-order valence-electron chi connectivity index (χ1n) is 11.6. The lowest BCUT2D eigenvalue weighted by molar-refractivity contribution is -0.120. The number of ether oxygens (including phenoxy) is 2. The van der Waals surface area contributed by atoms with Crippen LogP contribution in [0, 0.1) is 5.92 Å². The summed E-state index contributed by atoms with van der Waals surface area (Å²) in [6, 6.07) is 7.35. The molecule has 1 aromatic heterocycles. The highest BCUT2D eigenvalue weighted by Crippen LogP contribution is 2.42. The molecule has 2 aliphatic rings. The molecule has 3 N–H and O–H groups in total. The molecule has 1 amide bonds. The predicted octanol–water partition coefficient (Wildman–Crippen LogP) is 2.10. The number of benzene rings is 1. The van der Waals surface area contributed by atoms with E-state index in [1.165, 1.54) is 12.1 Å². The molecule has 0 radical (unpaired) electrons. The Hall–Kier alpha value is -3.26. The van der Waals surface area contributed by atoms with Gasteiger partial charge in [0, 0.05) is 24.8 Å². The molecule has 0 bridgehead atoms. The van der Waals surface area contributed by atoms with Crippen LogP contribution in [0.5, 0.6) is 17.2 Å². The number of piperidine rings is 1. The molecule has 202 valence electrons. The van der Waals surface area contributed by atoms with Crippen molar-refractivity contribution in [2.45, 2.75) is 30.9 Å². The summed E-state index contributed by atoms with van der Waals surface area (Å²) in [7, 11) is -5.85. The van der Waals surface area contributed by atoms with Crippen LogP contribution in [0.4, 0.5) is 19.0 Å². The van der Waals surface area contributed by atoms with Gasteiger partial charge in [-0.2, -0.15) is 21.6 Å². The summed E-state index contributed by atoms with van der Waals surface area (Å²) in [5.41, 5.74) is 0.892. The van der Waals surface area contributed by atoms with E-state index in [0.717, 1.165) is 32.0 Å². The fourth-order valence-electron chi connectivity index (χ4n) is 4.19. The van der Waals surface area contributed by atoms with E-state index in [1.54, 1.807) is 18.3 Å². The van der Waals surface area contributed by atoms with Crippen LogP contribution in [0.3, 0.4) is 0 Å². The highest BCUT2D eigenvalue weighted by atomic mass is 32.2. The number of amides is 1. The van der Waals surface area contributed by atoms with Crippen molar-refractivity contribution < 1.29 is 40.0 Å².